The molecule has 0 aliphatic rings. The van der Waals surface area contributed by atoms with E-state index in [-0.39, 0.29) is 0 Å². The molecule has 3 heterocycles. The van der Waals surface area contributed by atoms with Gasteiger partial charge in [-0.3, -0.25) is 0 Å². The Morgan fingerprint density at radius 2 is 0.966 bits per heavy atom. The number of benzene rings is 9. The average molecular weight is 739 g/mol. The summed E-state index contributed by atoms with van der Waals surface area (Å²) in [7, 11) is 0. The number of nitrogens with zero attached hydrogens (tertiary/aromatic N) is 4. The Morgan fingerprint density at radius 3 is 1.79 bits per heavy atom. The van der Waals surface area contributed by atoms with Crippen LogP contribution in [0.2, 0.25) is 0 Å². The van der Waals surface area contributed by atoms with E-state index in [1.165, 1.54) is 54.5 Å². The van der Waals surface area contributed by atoms with E-state index in [4.69, 9.17) is 9.97 Å². The molecule has 4 heteroatoms. The summed E-state index contributed by atoms with van der Waals surface area (Å²) in [5, 5.41) is 8.50. The molecule has 0 radical (unpaired) electrons. The molecule has 3 aromatic heterocycles. The molecule has 0 bridgehead atoms. The van der Waals surface area contributed by atoms with E-state index >= 15 is 0 Å². The summed E-state index contributed by atoms with van der Waals surface area (Å²) in [4.78, 5) is 10.2. The van der Waals surface area contributed by atoms with Crippen molar-refractivity contribution in [2.24, 2.45) is 0 Å². The zero-order valence-electron chi connectivity index (χ0n) is 31.4. The summed E-state index contributed by atoms with van der Waals surface area (Å²) >= 11 is 0. The first-order chi connectivity index (χ1) is 28.8. The third kappa shape index (κ3) is 5.02. The predicted octanol–water partition coefficient (Wildman–Crippen LogP) is 14.0. The van der Waals surface area contributed by atoms with Gasteiger partial charge in [-0.25, -0.2) is 9.97 Å². The highest BCUT2D eigenvalue weighted by molar-refractivity contribution is 6.25. The van der Waals surface area contributed by atoms with Gasteiger partial charge in [-0.05, 0) is 88.6 Å². The van der Waals surface area contributed by atoms with Crippen LogP contribution >= 0.6 is 0 Å². The van der Waals surface area contributed by atoms with Crippen LogP contribution in [-0.2, 0) is 0 Å². The standard InChI is InChI=1S/C54H34N4/c1-3-14-35(15-4-1)39-19-13-20-41(32-39)58-49-31-28-36-16-7-8-21-42(36)52(49)46-33-45-43-22-10-12-25-48(43)57(50(45)34-51(46)58)40-29-26-38(27-30-40)54-55-47-24-11-9-23-44(47)53(56-54)37-17-5-2-6-18-37/h1-34H. The lowest BCUT2D eigenvalue weighted by Gasteiger charge is -2.12. The molecule has 0 atom stereocenters. The van der Waals surface area contributed by atoms with E-state index in [1.54, 1.807) is 0 Å². The molecule has 9 aromatic carbocycles. The van der Waals surface area contributed by atoms with Gasteiger partial charge in [-0.15, -0.1) is 0 Å². The average Bonchev–Trinajstić information content (AvgIpc) is 3.80. The second kappa shape index (κ2) is 12.9. The molecular formula is C54H34N4. The smallest absolute Gasteiger partial charge is 0.160 e. The molecule has 270 valence electrons. The fourth-order valence-corrected chi connectivity index (χ4v) is 9.04. The van der Waals surface area contributed by atoms with Crippen LogP contribution in [0.4, 0.5) is 0 Å². The van der Waals surface area contributed by atoms with Gasteiger partial charge in [0.15, 0.2) is 5.82 Å². The van der Waals surface area contributed by atoms with Gasteiger partial charge in [0.05, 0.1) is 33.3 Å². The normalized spacial score (nSPS) is 11.8. The van der Waals surface area contributed by atoms with Crippen LogP contribution in [-0.4, -0.2) is 19.1 Å². The molecule has 0 fully saturated rings. The van der Waals surface area contributed by atoms with Crippen molar-refractivity contribution < 1.29 is 0 Å². The Balaban J connectivity index is 1.09. The minimum absolute atomic E-state index is 0.711. The first-order valence-corrected chi connectivity index (χ1v) is 19.7. The minimum Gasteiger partial charge on any atom is -0.309 e. The van der Waals surface area contributed by atoms with Gasteiger partial charge >= 0.3 is 0 Å². The second-order valence-corrected chi connectivity index (χ2v) is 15.0. The van der Waals surface area contributed by atoms with Gasteiger partial charge in [0.2, 0.25) is 0 Å². The van der Waals surface area contributed by atoms with Crippen molar-refractivity contribution in [1.29, 1.82) is 0 Å². The molecule has 58 heavy (non-hydrogen) atoms. The Labute approximate surface area is 334 Å². The molecule has 0 aliphatic heterocycles. The number of hydrogen-bond acceptors (Lipinski definition) is 2. The lowest BCUT2D eigenvalue weighted by Crippen LogP contribution is -1.97. The van der Waals surface area contributed by atoms with Crippen molar-refractivity contribution in [2.75, 3.05) is 0 Å². The van der Waals surface area contributed by atoms with Crippen LogP contribution < -0.4 is 0 Å². The zero-order valence-corrected chi connectivity index (χ0v) is 31.4. The highest BCUT2D eigenvalue weighted by Gasteiger charge is 2.20. The molecule has 12 aromatic rings. The Bertz CT molecular complexity index is 3540. The quantitative estimate of drug-likeness (QED) is 0.176. The summed E-state index contributed by atoms with van der Waals surface area (Å²) in [6.07, 6.45) is 0. The molecule has 0 spiro atoms. The van der Waals surface area contributed by atoms with Gasteiger partial charge in [-0.2, -0.15) is 0 Å². The molecule has 0 aliphatic carbocycles. The van der Waals surface area contributed by atoms with Crippen LogP contribution in [0.5, 0.6) is 0 Å². The SMILES string of the molecule is c1ccc(-c2cccc(-n3c4cc5c(cc4c4c6ccccc6ccc43)c3ccccc3n5-c3ccc(-c4nc(-c5ccccc5)c5ccccc5n4)cc3)c2)cc1. The zero-order chi connectivity index (χ0) is 38.2. The molecule has 0 N–H and O–H groups in total. The number of hydrogen-bond donors (Lipinski definition) is 0. The molecule has 0 saturated carbocycles. The van der Waals surface area contributed by atoms with Gasteiger partial charge in [0.1, 0.15) is 0 Å². The van der Waals surface area contributed by atoms with Crippen molar-refractivity contribution >= 4 is 65.3 Å². The van der Waals surface area contributed by atoms with Gasteiger partial charge in [-0.1, -0.05) is 140 Å². The number of para-hydroxylation sites is 2. The number of rotatable bonds is 5. The maximum Gasteiger partial charge on any atom is 0.160 e. The van der Waals surface area contributed by atoms with Crippen molar-refractivity contribution in [1.82, 2.24) is 19.1 Å². The van der Waals surface area contributed by atoms with Crippen LogP contribution in [0.15, 0.2) is 206 Å². The summed E-state index contributed by atoms with van der Waals surface area (Å²) in [6, 6.07) is 73.9. The van der Waals surface area contributed by atoms with Gasteiger partial charge in [0, 0.05) is 49.4 Å². The first-order valence-electron chi connectivity index (χ1n) is 19.7. The van der Waals surface area contributed by atoms with E-state index in [0.717, 1.165) is 50.1 Å². The first kappa shape index (κ1) is 32.4. The van der Waals surface area contributed by atoms with Crippen LogP contribution in [0, 0.1) is 0 Å². The highest BCUT2D eigenvalue weighted by Crippen LogP contribution is 2.42. The van der Waals surface area contributed by atoms with Crippen molar-refractivity contribution in [2.45, 2.75) is 0 Å². The van der Waals surface area contributed by atoms with E-state index in [1.807, 2.05) is 12.1 Å². The maximum atomic E-state index is 5.15. The summed E-state index contributed by atoms with van der Waals surface area (Å²) in [5.74, 6) is 0.711. The Kier molecular flexibility index (Phi) is 7.20. The Hall–Kier alpha value is -7.82. The third-order valence-corrected chi connectivity index (χ3v) is 11.7. The van der Waals surface area contributed by atoms with E-state index in [9.17, 15) is 0 Å². The van der Waals surface area contributed by atoms with Crippen LogP contribution in [0.25, 0.3) is 110 Å². The van der Waals surface area contributed by atoms with Crippen molar-refractivity contribution in [3.8, 4) is 45.1 Å². The number of fused-ring (bicyclic) bond motifs is 9. The van der Waals surface area contributed by atoms with Gasteiger partial charge < -0.3 is 9.13 Å². The van der Waals surface area contributed by atoms with Crippen LogP contribution in [0.1, 0.15) is 0 Å². The molecule has 4 nitrogen and oxygen atoms in total. The van der Waals surface area contributed by atoms with E-state index < -0.39 is 0 Å². The molecule has 0 unspecified atom stereocenters. The third-order valence-electron chi connectivity index (χ3n) is 11.7. The maximum absolute atomic E-state index is 5.15. The van der Waals surface area contributed by atoms with E-state index in [2.05, 4.69) is 203 Å². The largest absolute Gasteiger partial charge is 0.309 e. The molecule has 0 saturated heterocycles. The molecular weight excluding hydrogens is 705 g/mol. The van der Waals surface area contributed by atoms with Gasteiger partial charge in [0.25, 0.3) is 0 Å². The minimum atomic E-state index is 0.711. The Morgan fingerprint density at radius 1 is 0.310 bits per heavy atom. The lowest BCUT2D eigenvalue weighted by atomic mass is 10.0. The second-order valence-electron chi connectivity index (χ2n) is 15.0. The lowest BCUT2D eigenvalue weighted by molar-refractivity contribution is 1.16. The number of aromatic nitrogens is 4. The molecule has 0 amide bonds. The summed E-state index contributed by atoms with van der Waals surface area (Å²) < 4.78 is 4.86. The predicted molar refractivity (Wildman–Crippen MR) is 242 cm³/mol. The van der Waals surface area contributed by atoms with E-state index in [0.29, 0.717) is 5.82 Å². The van der Waals surface area contributed by atoms with Crippen molar-refractivity contribution in [3.63, 3.8) is 0 Å². The van der Waals surface area contributed by atoms with Crippen LogP contribution in [0.3, 0.4) is 0 Å². The monoisotopic (exact) mass is 738 g/mol. The summed E-state index contributed by atoms with van der Waals surface area (Å²) in [5.41, 5.74) is 13.2. The highest BCUT2D eigenvalue weighted by atomic mass is 15.0. The fourth-order valence-electron chi connectivity index (χ4n) is 9.04. The topological polar surface area (TPSA) is 35.6 Å². The summed E-state index contributed by atoms with van der Waals surface area (Å²) in [6.45, 7) is 0. The fraction of sp³-hybridized carbons (Fsp3) is 0. The molecule has 12 rings (SSSR count). The van der Waals surface area contributed by atoms with Crippen molar-refractivity contribution in [3.05, 3.63) is 206 Å².